The number of nitrogens with zero attached hydrogens (tertiary/aromatic N) is 1. The summed E-state index contributed by atoms with van der Waals surface area (Å²) in [6, 6.07) is 17.3. The number of hydrogen-bond donors (Lipinski definition) is 0. The van der Waals surface area contributed by atoms with Crippen LogP contribution >= 0.6 is 0 Å². The van der Waals surface area contributed by atoms with E-state index in [-0.39, 0.29) is 5.92 Å². The Bertz CT molecular complexity index is 905. The molecule has 2 aromatic carbocycles. The van der Waals surface area contributed by atoms with Crippen molar-refractivity contribution >= 4 is 5.97 Å². The molecule has 0 bridgehead atoms. The number of esters is 1. The second-order valence-corrected chi connectivity index (χ2v) is 5.97. The van der Waals surface area contributed by atoms with Gasteiger partial charge in [0.1, 0.15) is 5.75 Å². The van der Waals surface area contributed by atoms with Crippen LogP contribution in [0.5, 0.6) is 5.75 Å². The zero-order valence-corrected chi connectivity index (χ0v) is 14.4. The molecule has 3 aromatic rings. The van der Waals surface area contributed by atoms with Gasteiger partial charge in [-0.1, -0.05) is 30.3 Å². The molecule has 1 aromatic heterocycles. The van der Waals surface area contributed by atoms with Crippen LogP contribution < -0.4 is 4.74 Å². The Balaban J connectivity index is 2.01. The van der Waals surface area contributed by atoms with Crippen LogP contribution in [0.15, 0.2) is 72.9 Å². The van der Waals surface area contributed by atoms with Gasteiger partial charge in [0.15, 0.2) is 0 Å². The molecule has 138 valence electrons. The average Bonchev–Trinajstić information content (AvgIpc) is 2.64. The summed E-state index contributed by atoms with van der Waals surface area (Å²) in [6.45, 7) is 1.31. The van der Waals surface area contributed by atoms with Gasteiger partial charge < -0.3 is 4.74 Å². The van der Waals surface area contributed by atoms with E-state index in [1.807, 2.05) is 12.1 Å². The summed E-state index contributed by atoms with van der Waals surface area (Å²) in [7, 11) is 0. The SMILES string of the molecule is CC(=O)Oc1ccc(C(c2ccc(C(F)(F)F)cc2)c2ccccn2)cc1. The quantitative estimate of drug-likeness (QED) is 0.467. The Morgan fingerprint density at radius 1 is 0.926 bits per heavy atom. The first-order valence-corrected chi connectivity index (χ1v) is 8.21. The molecular formula is C21H16F3NO2. The highest BCUT2D eigenvalue weighted by Gasteiger charge is 2.30. The highest BCUT2D eigenvalue weighted by atomic mass is 19.4. The maximum Gasteiger partial charge on any atom is 0.416 e. The van der Waals surface area contributed by atoms with E-state index in [9.17, 15) is 18.0 Å². The largest absolute Gasteiger partial charge is 0.427 e. The molecule has 1 unspecified atom stereocenters. The molecule has 3 rings (SSSR count). The summed E-state index contributed by atoms with van der Waals surface area (Å²) in [5.74, 6) is -0.370. The molecule has 0 aliphatic carbocycles. The summed E-state index contributed by atoms with van der Waals surface area (Å²) in [6.07, 6.45) is -2.75. The van der Waals surface area contributed by atoms with Crippen molar-refractivity contribution in [3.63, 3.8) is 0 Å². The van der Waals surface area contributed by atoms with Crippen molar-refractivity contribution in [1.82, 2.24) is 4.98 Å². The van der Waals surface area contributed by atoms with Crippen molar-refractivity contribution in [2.75, 3.05) is 0 Å². The Hall–Kier alpha value is -3.15. The van der Waals surface area contributed by atoms with Crippen molar-refractivity contribution < 1.29 is 22.7 Å². The van der Waals surface area contributed by atoms with Crippen molar-refractivity contribution in [2.45, 2.75) is 19.0 Å². The van der Waals surface area contributed by atoms with Gasteiger partial charge in [-0.2, -0.15) is 13.2 Å². The normalized spacial score (nSPS) is 12.4. The Kier molecular flexibility index (Phi) is 5.26. The minimum Gasteiger partial charge on any atom is -0.427 e. The van der Waals surface area contributed by atoms with Crippen LogP contribution in [-0.2, 0) is 11.0 Å². The second kappa shape index (κ2) is 7.61. The third kappa shape index (κ3) is 4.53. The number of pyridine rings is 1. The minimum atomic E-state index is -4.38. The van der Waals surface area contributed by atoms with E-state index in [1.165, 1.54) is 19.1 Å². The molecule has 1 heterocycles. The summed E-state index contributed by atoms with van der Waals surface area (Å²) in [4.78, 5) is 15.4. The molecule has 1 atom stereocenters. The van der Waals surface area contributed by atoms with Crippen molar-refractivity contribution in [2.24, 2.45) is 0 Å². The summed E-state index contributed by atoms with van der Waals surface area (Å²) >= 11 is 0. The van der Waals surface area contributed by atoms with Crippen LogP contribution in [0.25, 0.3) is 0 Å². The molecule has 0 saturated carbocycles. The lowest BCUT2D eigenvalue weighted by atomic mass is 9.87. The second-order valence-electron chi connectivity index (χ2n) is 5.97. The topological polar surface area (TPSA) is 39.2 Å². The maximum absolute atomic E-state index is 12.9. The van der Waals surface area contributed by atoms with Gasteiger partial charge in [-0.05, 0) is 47.5 Å². The van der Waals surface area contributed by atoms with E-state index in [0.29, 0.717) is 17.0 Å². The highest BCUT2D eigenvalue weighted by molar-refractivity contribution is 5.69. The lowest BCUT2D eigenvalue weighted by Gasteiger charge is -2.19. The summed E-state index contributed by atoms with van der Waals surface area (Å²) < 4.78 is 43.6. The van der Waals surface area contributed by atoms with E-state index >= 15 is 0 Å². The van der Waals surface area contributed by atoms with E-state index in [2.05, 4.69) is 4.98 Å². The Morgan fingerprint density at radius 3 is 2.00 bits per heavy atom. The molecule has 6 heteroatoms. The van der Waals surface area contributed by atoms with Gasteiger partial charge in [-0.3, -0.25) is 9.78 Å². The van der Waals surface area contributed by atoms with Gasteiger partial charge in [-0.25, -0.2) is 0 Å². The first-order chi connectivity index (χ1) is 12.8. The number of benzene rings is 2. The highest BCUT2D eigenvalue weighted by Crippen LogP contribution is 2.34. The third-order valence-corrected chi connectivity index (χ3v) is 4.03. The van der Waals surface area contributed by atoms with Gasteiger partial charge in [0.2, 0.25) is 0 Å². The molecule has 0 spiro atoms. The Labute approximate surface area is 154 Å². The van der Waals surface area contributed by atoms with Crippen molar-refractivity contribution in [3.05, 3.63) is 95.3 Å². The summed E-state index contributed by atoms with van der Waals surface area (Å²) in [5.41, 5.74) is 1.51. The smallest absolute Gasteiger partial charge is 0.416 e. The molecule has 0 radical (unpaired) electrons. The monoisotopic (exact) mass is 371 g/mol. The zero-order chi connectivity index (χ0) is 19.4. The predicted molar refractivity (Wildman–Crippen MR) is 94.4 cm³/mol. The van der Waals surface area contributed by atoms with Gasteiger partial charge in [-0.15, -0.1) is 0 Å². The number of ether oxygens (including phenoxy) is 1. The standard InChI is InChI=1S/C21H16F3NO2/c1-14(26)27-18-11-7-16(8-12-18)20(19-4-2-3-13-25-19)15-5-9-17(10-6-15)21(22,23)24/h2-13,20H,1H3. The minimum absolute atomic E-state index is 0.347. The van der Waals surface area contributed by atoms with Crippen LogP contribution in [0, 0.1) is 0 Å². The van der Waals surface area contributed by atoms with Crippen LogP contribution in [0.1, 0.15) is 35.2 Å². The fraction of sp³-hybridized carbons (Fsp3) is 0.143. The molecule has 0 N–H and O–H groups in total. The lowest BCUT2D eigenvalue weighted by molar-refractivity contribution is -0.137. The van der Waals surface area contributed by atoms with E-state index < -0.39 is 17.7 Å². The zero-order valence-electron chi connectivity index (χ0n) is 14.4. The van der Waals surface area contributed by atoms with Crippen LogP contribution in [0.4, 0.5) is 13.2 Å². The third-order valence-electron chi connectivity index (χ3n) is 4.03. The van der Waals surface area contributed by atoms with E-state index in [4.69, 9.17) is 4.74 Å². The fourth-order valence-electron chi connectivity index (χ4n) is 2.84. The predicted octanol–water partition coefficient (Wildman–Crippen LogP) is 5.21. The summed E-state index contributed by atoms with van der Waals surface area (Å²) in [5, 5.41) is 0. The van der Waals surface area contributed by atoms with Crippen LogP contribution in [0.2, 0.25) is 0 Å². The number of alkyl halides is 3. The molecule has 0 amide bonds. The number of carbonyl (C=O) groups excluding carboxylic acids is 1. The first-order valence-electron chi connectivity index (χ1n) is 8.21. The van der Waals surface area contributed by atoms with Crippen molar-refractivity contribution in [1.29, 1.82) is 0 Å². The molecule has 27 heavy (non-hydrogen) atoms. The Morgan fingerprint density at radius 2 is 1.52 bits per heavy atom. The number of rotatable bonds is 4. The van der Waals surface area contributed by atoms with Gasteiger partial charge in [0.25, 0.3) is 0 Å². The number of aromatic nitrogens is 1. The van der Waals surface area contributed by atoms with Gasteiger partial charge in [0.05, 0.1) is 17.2 Å². The first kappa shape index (κ1) is 18.6. The van der Waals surface area contributed by atoms with Gasteiger partial charge >= 0.3 is 12.1 Å². The van der Waals surface area contributed by atoms with E-state index in [1.54, 1.807) is 36.5 Å². The lowest BCUT2D eigenvalue weighted by Crippen LogP contribution is -2.08. The van der Waals surface area contributed by atoms with Gasteiger partial charge in [0, 0.05) is 13.1 Å². The molecule has 3 nitrogen and oxygen atoms in total. The average molecular weight is 371 g/mol. The number of carbonyl (C=O) groups is 1. The molecule has 0 aliphatic rings. The number of hydrogen-bond acceptors (Lipinski definition) is 3. The molecule has 0 saturated heterocycles. The fourth-order valence-corrected chi connectivity index (χ4v) is 2.84. The number of halogens is 3. The molecule has 0 aliphatic heterocycles. The van der Waals surface area contributed by atoms with Crippen LogP contribution in [-0.4, -0.2) is 11.0 Å². The van der Waals surface area contributed by atoms with Crippen LogP contribution in [0.3, 0.4) is 0 Å². The maximum atomic E-state index is 12.9. The van der Waals surface area contributed by atoms with Crippen molar-refractivity contribution in [3.8, 4) is 5.75 Å². The molecular weight excluding hydrogens is 355 g/mol. The van der Waals surface area contributed by atoms with E-state index in [0.717, 1.165) is 17.7 Å². The molecule has 0 fully saturated rings.